The second-order valence-corrected chi connectivity index (χ2v) is 6.45. The Balaban J connectivity index is 1.57. The molecule has 0 aliphatic carbocycles. The molecular weight excluding hydrogens is 320 g/mol. The van der Waals surface area contributed by atoms with Crippen molar-refractivity contribution in [3.05, 3.63) is 41.7 Å². The number of oxazole rings is 1. The van der Waals surface area contributed by atoms with Gasteiger partial charge in [-0.25, -0.2) is 9.97 Å². The predicted molar refractivity (Wildman–Crippen MR) is 93.8 cm³/mol. The number of amides is 1. The summed E-state index contributed by atoms with van der Waals surface area (Å²) in [7, 11) is 3.96. The summed E-state index contributed by atoms with van der Waals surface area (Å²) in [5.41, 5.74) is 1.58. The summed E-state index contributed by atoms with van der Waals surface area (Å²) < 4.78 is 11.0. The Morgan fingerprint density at radius 3 is 3.00 bits per heavy atom. The van der Waals surface area contributed by atoms with Crippen LogP contribution in [0.4, 0.5) is 5.82 Å². The van der Waals surface area contributed by atoms with Gasteiger partial charge in [-0.2, -0.15) is 0 Å². The Labute approximate surface area is 147 Å². The third-order valence-electron chi connectivity index (χ3n) is 4.29. The molecule has 1 aliphatic heterocycles. The van der Waals surface area contributed by atoms with Gasteiger partial charge in [0.2, 0.25) is 0 Å². The first kappa shape index (κ1) is 17.4. The molecule has 3 rings (SSSR count). The van der Waals surface area contributed by atoms with Crippen LogP contribution in [0, 0.1) is 6.92 Å². The van der Waals surface area contributed by atoms with Crippen molar-refractivity contribution in [1.29, 1.82) is 0 Å². The summed E-state index contributed by atoms with van der Waals surface area (Å²) in [5.74, 6) is 1.35. The van der Waals surface area contributed by atoms with Gasteiger partial charge in [0.25, 0.3) is 5.91 Å². The lowest BCUT2D eigenvalue weighted by Crippen LogP contribution is -2.45. The summed E-state index contributed by atoms with van der Waals surface area (Å²) in [4.78, 5) is 24.7. The summed E-state index contributed by atoms with van der Waals surface area (Å²) in [6.45, 7) is 3.44. The van der Waals surface area contributed by atoms with Gasteiger partial charge in [-0.15, -0.1) is 0 Å². The number of anilines is 1. The number of aromatic nitrogens is 2. The van der Waals surface area contributed by atoms with Gasteiger partial charge in [-0.05, 0) is 30.5 Å². The zero-order chi connectivity index (χ0) is 17.8. The van der Waals surface area contributed by atoms with Crippen molar-refractivity contribution in [2.45, 2.75) is 25.9 Å². The van der Waals surface area contributed by atoms with Gasteiger partial charge < -0.3 is 19.0 Å². The largest absolute Gasteiger partial charge is 0.448 e. The van der Waals surface area contributed by atoms with Gasteiger partial charge in [0.15, 0.2) is 11.6 Å². The van der Waals surface area contributed by atoms with Crippen molar-refractivity contribution in [3.8, 4) is 0 Å². The number of nitrogens with zero attached hydrogens (tertiary/aromatic N) is 4. The van der Waals surface area contributed by atoms with Crippen LogP contribution in [-0.2, 0) is 11.2 Å². The van der Waals surface area contributed by atoms with Crippen molar-refractivity contribution in [1.82, 2.24) is 14.9 Å². The normalized spacial score (nSPS) is 17.6. The lowest BCUT2D eigenvalue weighted by atomic mass is 10.1. The third kappa shape index (κ3) is 4.36. The predicted octanol–water partition coefficient (Wildman–Crippen LogP) is 1.92. The molecule has 1 aliphatic rings. The van der Waals surface area contributed by atoms with Gasteiger partial charge in [-0.3, -0.25) is 4.79 Å². The molecule has 0 radical (unpaired) electrons. The van der Waals surface area contributed by atoms with Crippen LogP contribution < -0.4 is 4.90 Å². The zero-order valence-electron chi connectivity index (χ0n) is 14.9. The fourth-order valence-electron chi connectivity index (χ4n) is 2.89. The van der Waals surface area contributed by atoms with Crippen molar-refractivity contribution in [3.63, 3.8) is 0 Å². The van der Waals surface area contributed by atoms with E-state index >= 15 is 0 Å². The van der Waals surface area contributed by atoms with Crippen LogP contribution in [-0.4, -0.2) is 60.7 Å². The molecule has 2 aromatic rings. The van der Waals surface area contributed by atoms with Gasteiger partial charge in [-0.1, -0.05) is 0 Å². The molecule has 2 aromatic heterocycles. The van der Waals surface area contributed by atoms with Crippen LogP contribution in [0.2, 0.25) is 0 Å². The summed E-state index contributed by atoms with van der Waals surface area (Å²) >= 11 is 0. The van der Waals surface area contributed by atoms with Crippen molar-refractivity contribution in [2.24, 2.45) is 0 Å². The van der Waals surface area contributed by atoms with E-state index in [0.29, 0.717) is 31.3 Å². The number of morpholine rings is 1. The molecule has 0 spiro atoms. The van der Waals surface area contributed by atoms with Crippen molar-refractivity contribution in [2.75, 3.05) is 38.7 Å². The minimum atomic E-state index is -0.0936. The lowest BCUT2D eigenvalue weighted by molar-refractivity contribution is -0.0247. The monoisotopic (exact) mass is 344 g/mol. The number of hydrogen-bond acceptors (Lipinski definition) is 6. The van der Waals surface area contributed by atoms with Gasteiger partial charge in [0.1, 0.15) is 12.1 Å². The lowest BCUT2D eigenvalue weighted by Gasteiger charge is -2.32. The highest BCUT2D eigenvalue weighted by atomic mass is 16.5. The van der Waals surface area contributed by atoms with Crippen molar-refractivity contribution >= 4 is 11.7 Å². The molecule has 0 saturated carbocycles. The zero-order valence-corrected chi connectivity index (χ0v) is 14.9. The summed E-state index contributed by atoms with van der Waals surface area (Å²) in [6, 6.07) is 4.11. The Morgan fingerprint density at radius 2 is 2.28 bits per heavy atom. The fourth-order valence-corrected chi connectivity index (χ4v) is 2.89. The standard InChI is InChI=1S/C18H24N4O3/c1-13-20-16(12-25-13)18(23)22-8-9-24-15(11-22)5-4-14-6-7-19-17(10-14)21(2)3/h6-7,10,12,15H,4-5,8-9,11H2,1-3H3. The Kier molecular flexibility index (Phi) is 5.33. The number of rotatable bonds is 5. The fraction of sp³-hybridized carbons (Fsp3) is 0.500. The number of pyridine rings is 1. The molecule has 7 heteroatoms. The first-order chi connectivity index (χ1) is 12.0. The molecule has 3 heterocycles. The van der Waals surface area contributed by atoms with Gasteiger partial charge in [0.05, 0.1) is 12.7 Å². The van der Waals surface area contributed by atoms with Crippen LogP contribution in [0.15, 0.2) is 29.0 Å². The molecule has 0 N–H and O–H groups in total. The van der Waals surface area contributed by atoms with Gasteiger partial charge in [0, 0.05) is 40.3 Å². The Hall–Kier alpha value is -2.41. The molecule has 0 aromatic carbocycles. The van der Waals surface area contributed by atoms with Crippen LogP contribution in [0.5, 0.6) is 0 Å². The number of carbonyl (C=O) groups is 1. The maximum absolute atomic E-state index is 12.5. The molecule has 1 atom stereocenters. The summed E-state index contributed by atoms with van der Waals surface area (Å²) in [6.07, 6.45) is 5.02. The van der Waals surface area contributed by atoms with Gasteiger partial charge >= 0.3 is 0 Å². The maximum Gasteiger partial charge on any atom is 0.275 e. The highest BCUT2D eigenvalue weighted by Crippen LogP contribution is 2.17. The molecule has 134 valence electrons. The summed E-state index contributed by atoms with van der Waals surface area (Å²) in [5, 5.41) is 0. The number of carbonyl (C=O) groups excluding carboxylic acids is 1. The van der Waals surface area contributed by atoms with E-state index < -0.39 is 0 Å². The minimum absolute atomic E-state index is 0.0293. The van der Waals surface area contributed by atoms with Crippen LogP contribution >= 0.6 is 0 Å². The first-order valence-electron chi connectivity index (χ1n) is 8.48. The second-order valence-electron chi connectivity index (χ2n) is 6.45. The number of hydrogen-bond donors (Lipinski definition) is 0. The second kappa shape index (κ2) is 7.65. The quantitative estimate of drug-likeness (QED) is 0.825. The smallest absolute Gasteiger partial charge is 0.275 e. The van der Waals surface area contributed by atoms with E-state index in [9.17, 15) is 4.79 Å². The molecule has 1 unspecified atom stereocenters. The Bertz CT molecular complexity index is 729. The molecule has 1 amide bonds. The van der Waals surface area contributed by atoms with E-state index in [4.69, 9.17) is 9.15 Å². The van der Waals surface area contributed by atoms with E-state index in [-0.39, 0.29) is 12.0 Å². The number of ether oxygens (including phenoxy) is 1. The average molecular weight is 344 g/mol. The highest BCUT2D eigenvalue weighted by Gasteiger charge is 2.26. The van der Waals surface area contributed by atoms with E-state index in [1.165, 1.54) is 11.8 Å². The van der Waals surface area contributed by atoms with E-state index in [0.717, 1.165) is 18.7 Å². The van der Waals surface area contributed by atoms with Crippen LogP contribution in [0.1, 0.15) is 28.4 Å². The minimum Gasteiger partial charge on any atom is -0.448 e. The van der Waals surface area contributed by atoms with Crippen molar-refractivity contribution < 1.29 is 13.9 Å². The molecule has 7 nitrogen and oxygen atoms in total. The average Bonchev–Trinajstić information content (AvgIpc) is 3.06. The van der Waals surface area contributed by atoms with E-state index in [1.807, 2.05) is 31.3 Å². The van der Waals surface area contributed by atoms with Crippen LogP contribution in [0.25, 0.3) is 0 Å². The van der Waals surface area contributed by atoms with E-state index in [1.54, 1.807) is 11.8 Å². The molecule has 0 bridgehead atoms. The topological polar surface area (TPSA) is 71.7 Å². The molecule has 1 saturated heterocycles. The third-order valence-corrected chi connectivity index (χ3v) is 4.29. The highest BCUT2D eigenvalue weighted by molar-refractivity contribution is 5.92. The molecule has 1 fully saturated rings. The molecule has 25 heavy (non-hydrogen) atoms. The SMILES string of the molecule is Cc1nc(C(=O)N2CCOC(CCc3ccnc(N(C)C)c3)C2)co1. The molecular formula is C18H24N4O3. The maximum atomic E-state index is 12.5. The first-order valence-corrected chi connectivity index (χ1v) is 8.48. The Morgan fingerprint density at radius 1 is 1.44 bits per heavy atom. The van der Waals surface area contributed by atoms with Crippen LogP contribution in [0.3, 0.4) is 0 Å². The number of aryl methyl sites for hydroxylation is 2. The van der Waals surface area contributed by atoms with E-state index in [2.05, 4.69) is 16.0 Å².